The molecule has 0 rings (SSSR count). The van der Waals surface area contributed by atoms with Crippen LogP contribution in [0.5, 0.6) is 0 Å². The third kappa shape index (κ3) is 8.31. The molecular weight excluding hydrogens is 271 g/mol. The Hall–Kier alpha value is -0.900. The Morgan fingerprint density at radius 1 is 1.20 bits per heavy atom. The molecule has 0 heterocycles. The first-order valence-corrected chi connectivity index (χ1v) is 7.99. The SMILES string of the molecule is C#C/C=C/CCOP(OCCC#N)N(C(C)C)C(C)C. The lowest BCUT2D eigenvalue weighted by atomic mass is 10.3. The van der Waals surface area contributed by atoms with Crippen molar-refractivity contribution in [3.8, 4) is 18.4 Å². The average Bonchev–Trinajstić information content (AvgIpc) is 2.37. The second-order valence-electron chi connectivity index (χ2n) is 4.74. The molecular formula is C15H25N2O2P. The minimum absolute atomic E-state index is 0.324. The van der Waals surface area contributed by atoms with Crippen molar-refractivity contribution in [2.24, 2.45) is 0 Å². The molecule has 0 saturated carbocycles. The second-order valence-corrected chi connectivity index (χ2v) is 6.19. The van der Waals surface area contributed by atoms with Gasteiger partial charge in [-0.25, -0.2) is 4.67 Å². The minimum Gasteiger partial charge on any atom is -0.322 e. The van der Waals surface area contributed by atoms with Gasteiger partial charge in [0.05, 0.1) is 25.7 Å². The van der Waals surface area contributed by atoms with E-state index in [1.54, 1.807) is 6.08 Å². The maximum Gasteiger partial charge on any atom is 0.259 e. The van der Waals surface area contributed by atoms with Crippen LogP contribution in [0.25, 0.3) is 0 Å². The topological polar surface area (TPSA) is 45.5 Å². The third-order valence-corrected chi connectivity index (χ3v) is 4.47. The van der Waals surface area contributed by atoms with E-state index in [-0.39, 0.29) is 0 Å². The van der Waals surface area contributed by atoms with Gasteiger partial charge in [-0.05, 0) is 40.2 Å². The van der Waals surface area contributed by atoms with E-state index in [9.17, 15) is 0 Å². The molecule has 0 aliphatic rings. The number of nitriles is 1. The van der Waals surface area contributed by atoms with Crippen LogP contribution in [-0.2, 0) is 9.05 Å². The molecule has 112 valence electrons. The van der Waals surface area contributed by atoms with Gasteiger partial charge in [-0.2, -0.15) is 5.26 Å². The molecule has 0 spiro atoms. The summed E-state index contributed by atoms with van der Waals surface area (Å²) >= 11 is 0. The average molecular weight is 296 g/mol. The van der Waals surface area contributed by atoms with Gasteiger partial charge in [0.25, 0.3) is 8.53 Å². The summed E-state index contributed by atoms with van der Waals surface area (Å²) in [7, 11) is -1.14. The van der Waals surface area contributed by atoms with Gasteiger partial charge in [0.2, 0.25) is 0 Å². The van der Waals surface area contributed by atoms with Crippen molar-refractivity contribution < 1.29 is 9.05 Å². The van der Waals surface area contributed by atoms with E-state index in [0.29, 0.717) is 31.7 Å². The lowest BCUT2D eigenvalue weighted by molar-refractivity contribution is 0.178. The normalized spacial score (nSPS) is 13.1. The van der Waals surface area contributed by atoms with E-state index >= 15 is 0 Å². The van der Waals surface area contributed by atoms with Crippen molar-refractivity contribution in [3.05, 3.63) is 12.2 Å². The molecule has 1 atom stereocenters. The van der Waals surface area contributed by atoms with Crippen LogP contribution in [0, 0.1) is 23.7 Å². The molecule has 0 aromatic heterocycles. The van der Waals surface area contributed by atoms with Gasteiger partial charge in [0.1, 0.15) is 0 Å². The molecule has 0 saturated heterocycles. The molecule has 20 heavy (non-hydrogen) atoms. The Kier molecular flexibility index (Phi) is 11.4. The lowest BCUT2D eigenvalue weighted by Crippen LogP contribution is -2.33. The van der Waals surface area contributed by atoms with E-state index in [0.717, 1.165) is 6.42 Å². The van der Waals surface area contributed by atoms with Crippen molar-refractivity contribution in [1.82, 2.24) is 4.67 Å². The summed E-state index contributed by atoms with van der Waals surface area (Å²) in [4.78, 5) is 0. The summed E-state index contributed by atoms with van der Waals surface area (Å²) in [5, 5.41) is 8.60. The summed E-state index contributed by atoms with van der Waals surface area (Å²) < 4.78 is 13.8. The fourth-order valence-corrected chi connectivity index (χ4v) is 3.27. The first-order valence-electron chi connectivity index (χ1n) is 6.86. The van der Waals surface area contributed by atoms with Crippen LogP contribution in [0.15, 0.2) is 12.2 Å². The summed E-state index contributed by atoms with van der Waals surface area (Å²) in [6.45, 7) is 9.43. The minimum atomic E-state index is -1.14. The molecule has 0 amide bonds. The smallest absolute Gasteiger partial charge is 0.259 e. The van der Waals surface area contributed by atoms with E-state index in [4.69, 9.17) is 20.7 Å². The molecule has 0 aliphatic heterocycles. The number of nitrogens with zero attached hydrogens (tertiary/aromatic N) is 2. The van der Waals surface area contributed by atoms with Crippen LogP contribution in [0.1, 0.15) is 40.5 Å². The molecule has 0 bridgehead atoms. The third-order valence-electron chi connectivity index (χ3n) is 2.36. The highest BCUT2D eigenvalue weighted by molar-refractivity contribution is 7.44. The van der Waals surface area contributed by atoms with Gasteiger partial charge in [-0.3, -0.25) is 0 Å². The van der Waals surface area contributed by atoms with Crippen molar-refractivity contribution in [1.29, 1.82) is 5.26 Å². The maximum absolute atomic E-state index is 8.60. The molecule has 1 unspecified atom stereocenters. The number of rotatable bonds is 10. The van der Waals surface area contributed by atoms with Gasteiger partial charge in [0, 0.05) is 12.1 Å². The zero-order chi connectivity index (χ0) is 15.4. The van der Waals surface area contributed by atoms with Crippen molar-refractivity contribution >= 4 is 8.53 Å². The highest BCUT2D eigenvalue weighted by Gasteiger charge is 2.26. The van der Waals surface area contributed by atoms with Crippen LogP contribution < -0.4 is 0 Å². The predicted octanol–water partition coefficient (Wildman–Crippen LogP) is 3.86. The maximum atomic E-state index is 8.60. The number of hydrogen-bond acceptors (Lipinski definition) is 4. The highest BCUT2D eigenvalue weighted by atomic mass is 31.2. The highest BCUT2D eigenvalue weighted by Crippen LogP contribution is 2.45. The molecule has 0 aromatic carbocycles. The van der Waals surface area contributed by atoms with Gasteiger partial charge < -0.3 is 9.05 Å². The monoisotopic (exact) mass is 296 g/mol. The summed E-state index contributed by atoms with van der Waals surface area (Å²) in [6, 6.07) is 2.73. The Morgan fingerprint density at radius 3 is 2.30 bits per heavy atom. The summed E-state index contributed by atoms with van der Waals surface area (Å²) in [6.07, 6.45) is 9.85. The van der Waals surface area contributed by atoms with Crippen LogP contribution >= 0.6 is 8.53 Å². The van der Waals surface area contributed by atoms with Crippen LogP contribution in [-0.4, -0.2) is 30.0 Å². The van der Waals surface area contributed by atoms with E-state index in [1.165, 1.54) is 0 Å². The van der Waals surface area contributed by atoms with Crippen molar-refractivity contribution in [2.75, 3.05) is 13.2 Å². The molecule has 5 heteroatoms. The van der Waals surface area contributed by atoms with Crippen LogP contribution in [0.4, 0.5) is 0 Å². The van der Waals surface area contributed by atoms with Gasteiger partial charge in [-0.15, -0.1) is 6.42 Å². The molecule has 0 radical (unpaired) electrons. The number of terminal acetylenes is 1. The predicted molar refractivity (Wildman–Crippen MR) is 83.8 cm³/mol. The number of allylic oxidation sites excluding steroid dienone is 1. The van der Waals surface area contributed by atoms with Crippen molar-refractivity contribution in [2.45, 2.75) is 52.6 Å². The van der Waals surface area contributed by atoms with Crippen molar-refractivity contribution in [3.63, 3.8) is 0 Å². The van der Waals surface area contributed by atoms with Gasteiger partial charge in [0.15, 0.2) is 0 Å². The zero-order valence-corrected chi connectivity index (χ0v) is 13.8. The summed E-state index contributed by atoms with van der Waals surface area (Å²) in [5.41, 5.74) is 0. The quantitative estimate of drug-likeness (QED) is 0.349. The standard InChI is InChI=1S/C15H25N2O2P/c1-6-7-8-9-12-18-20(19-13-10-11-16)17(14(2)3)15(4)5/h1,7-8,14-15H,9-10,12-13H2,2-5H3/b8-7+. The molecule has 0 fully saturated rings. The number of hydrogen-bond donors (Lipinski definition) is 0. The molecule has 0 N–H and O–H groups in total. The Labute approximate surface area is 124 Å². The fraction of sp³-hybridized carbons (Fsp3) is 0.667. The largest absolute Gasteiger partial charge is 0.322 e. The Morgan fingerprint density at radius 2 is 1.80 bits per heavy atom. The Bertz CT molecular complexity index is 348. The van der Waals surface area contributed by atoms with E-state index < -0.39 is 8.53 Å². The van der Waals surface area contributed by atoms with Gasteiger partial charge in [-0.1, -0.05) is 12.0 Å². The summed E-state index contributed by atoms with van der Waals surface area (Å²) in [5.74, 6) is 2.45. The molecule has 0 aliphatic carbocycles. The second kappa shape index (κ2) is 11.9. The van der Waals surface area contributed by atoms with Crippen LogP contribution in [0.3, 0.4) is 0 Å². The fourth-order valence-electron chi connectivity index (χ4n) is 1.66. The molecule has 0 aromatic rings. The lowest BCUT2D eigenvalue weighted by Gasteiger charge is -2.35. The molecule has 4 nitrogen and oxygen atoms in total. The first-order chi connectivity index (χ1) is 9.54. The van der Waals surface area contributed by atoms with E-state index in [1.807, 2.05) is 6.08 Å². The first kappa shape index (κ1) is 19.1. The van der Waals surface area contributed by atoms with Gasteiger partial charge >= 0.3 is 0 Å². The van der Waals surface area contributed by atoms with Crippen LogP contribution in [0.2, 0.25) is 0 Å². The zero-order valence-electron chi connectivity index (χ0n) is 12.9. The Balaban J connectivity index is 4.49. The van der Waals surface area contributed by atoms with E-state index in [2.05, 4.69) is 44.4 Å².